The van der Waals surface area contributed by atoms with Gasteiger partial charge in [0.15, 0.2) is 0 Å². The van der Waals surface area contributed by atoms with E-state index < -0.39 is 0 Å². The summed E-state index contributed by atoms with van der Waals surface area (Å²) in [7, 11) is 0. The molecule has 4 aromatic rings. The van der Waals surface area contributed by atoms with Crippen molar-refractivity contribution >= 4 is 27.5 Å². The van der Waals surface area contributed by atoms with Gasteiger partial charge in [-0.15, -0.1) is 11.3 Å². The fourth-order valence-electron chi connectivity index (χ4n) is 4.88. The SMILES string of the molecule is Cc1cnc(N2CC3COCC(C2)C3Oc2ncnc3c(-c4ccc(C)cc4F)csc23)nc1. The summed E-state index contributed by atoms with van der Waals surface area (Å²) in [5.41, 5.74) is 3.94. The average molecular weight is 478 g/mol. The molecule has 0 N–H and O–H groups in total. The van der Waals surface area contributed by atoms with Crippen molar-refractivity contribution in [3.63, 3.8) is 0 Å². The Hall–Kier alpha value is -3.17. The Morgan fingerprint density at radius 1 is 1.00 bits per heavy atom. The molecule has 2 saturated heterocycles. The van der Waals surface area contributed by atoms with Crippen molar-refractivity contribution in [1.29, 1.82) is 0 Å². The van der Waals surface area contributed by atoms with Crippen LogP contribution in [0, 0.1) is 31.5 Å². The molecule has 34 heavy (non-hydrogen) atoms. The van der Waals surface area contributed by atoms with E-state index in [1.165, 1.54) is 17.7 Å². The number of hydrogen-bond acceptors (Lipinski definition) is 8. The maximum absolute atomic E-state index is 14.7. The van der Waals surface area contributed by atoms with Crippen LogP contribution < -0.4 is 9.64 Å². The third-order valence-corrected chi connectivity index (χ3v) is 7.49. The van der Waals surface area contributed by atoms with E-state index in [1.807, 2.05) is 37.7 Å². The van der Waals surface area contributed by atoms with Crippen LogP contribution >= 0.6 is 11.3 Å². The van der Waals surface area contributed by atoms with E-state index in [4.69, 9.17) is 9.47 Å². The molecule has 0 amide bonds. The maximum atomic E-state index is 14.7. The molecule has 1 aromatic carbocycles. The summed E-state index contributed by atoms with van der Waals surface area (Å²) >= 11 is 1.49. The summed E-state index contributed by atoms with van der Waals surface area (Å²) < 4.78 is 27.9. The number of aromatic nitrogens is 4. The van der Waals surface area contributed by atoms with E-state index in [2.05, 4.69) is 24.8 Å². The first-order valence-corrected chi connectivity index (χ1v) is 12.2. The molecule has 174 valence electrons. The van der Waals surface area contributed by atoms with E-state index >= 15 is 0 Å². The largest absolute Gasteiger partial charge is 0.472 e. The number of anilines is 1. The maximum Gasteiger partial charge on any atom is 0.235 e. The Kier molecular flexibility index (Phi) is 5.38. The van der Waals surface area contributed by atoms with Gasteiger partial charge in [0.25, 0.3) is 0 Å². The first-order chi connectivity index (χ1) is 16.6. The van der Waals surface area contributed by atoms with Crippen LogP contribution in [0.5, 0.6) is 5.88 Å². The summed E-state index contributed by atoms with van der Waals surface area (Å²) in [6.45, 7) is 6.59. The molecular formula is C25H24FN5O2S. The van der Waals surface area contributed by atoms with Crippen LogP contribution in [0.4, 0.5) is 10.3 Å². The number of piperidine rings is 1. The second-order valence-electron chi connectivity index (χ2n) is 9.09. The highest BCUT2D eigenvalue weighted by Gasteiger charge is 2.43. The van der Waals surface area contributed by atoms with Gasteiger partial charge in [-0.2, -0.15) is 0 Å². The van der Waals surface area contributed by atoms with Crippen LogP contribution in [0.1, 0.15) is 11.1 Å². The Labute approximate surface area is 200 Å². The van der Waals surface area contributed by atoms with Crippen LogP contribution in [0.15, 0.2) is 42.3 Å². The van der Waals surface area contributed by atoms with Crippen molar-refractivity contribution in [2.45, 2.75) is 20.0 Å². The number of ether oxygens (including phenoxy) is 2. The normalized spacial score (nSPS) is 22.2. The quantitative estimate of drug-likeness (QED) is 0.430. The molecule has 0 saturated carbocycles. The zero-order chi connectivity index (χ0) is 23.2. The zero-order valence-electron chi connectivity index (χ0n) is 18.9. The van der Waals surface area contributed by atoms with Gasteiger partial charge in [-0.05, 0) is 31.0 Å². The molecule has 2 atom stereocenters. The standard InChI is InChI=1S/C25H24FN5O2S/c1-14-3-4-18(20(26)5-14)19-12-34-23-21(19)29-13-30-24(23)33-22-16-8-31(9-17(22)11-32-10-16)25-27-6-15(2)7-28-25/h3-7,12-13,16-17,22H,8-11H2,1-2H3. The van der Waals surface area contributed by atoms with Crippen LogP contribution in [0.25, 0.3) is 21.3 Å². The fourth-order valence-corrected chi connectivity index (χ4v) is 5.83. The predicted octanol–water partition coefficient (Wildman–Crippen LogP) is 4.43. The minimum Gasteiger partial charge on any atom is -0.472 e. The predicted molar refractivity (Wildman–Crippen MR) is 129 cm³/mol. The molecule has 0 aliphatic carbocycles. The van der Waals surface area contributed by atoms with Crippen LogP contribution in [0.3, 0.4) is 0 Å². The molecule has 2 aliphatic rings. The van der Waals surface area contributed by atoms with Gasteiger partial charge in [0.05, 0.1) is 18.7 Å². The molecule has 0 radical (unpaired) electrons. The van der Waals surface area contributed by atoms with Crippen molar-refractivity contribution in [2.24, 2.45) is 11.8 Å². The van der Waals surface area contributed by atoms with Crippen molar-refractivity contribution in [3.05, 3.63) is 59.2 Å². The molecule has 3 aromatic heterocycles. The van der Waals surface area contributed by atoms with Crippen molar-refractivity contribution < 1.29 is 13.9 Å². The van der Waals surface area contributed by atoms with Crippen molar-refractivity contribution in [2.75, 3.05) is 31.2 Å². The van der Waals surface area contributed by atoms with E-state index in [1.54, 1.807) is 12.1 Å². The third kappa shape index (κ3) is 3.78. The lowest BCUT2D eigenvalue weighted by Gasteiger charge is -2.46. The van der Waals surface area contributed by atoms with E-state index in [9.17, 15) is 4.39 Å². The molecule has 2 bridgehead atoms. The molecule has 6 rings (SSSR count). The van der Waals surface area contributed by atoms with Gasteiger partial charge in [-0.3, -0.25) is 0 Å². The van der Waals surface area contributed by atoms with E-state index in [0.717, 1.165) is 40.4 Å². The second-order valence-corrected chi connectivity index (χ2v) is 9.97. The van der Waals surface area contributed by atoms with Gasteiger partial charge >= 0.3 is 0 Å². The Balaban J connectivity index is 1.28. The van der Waals surface area contributed by atoms with Crippen LogP contribution in [-0.4, -0.2) is 52.3 Å². The molecular weight excluding hydrogens is 453 g/mol. The monoisotopic (exact) mass is 477 g/mol. The van der Waals surface area contributed by atoms with Crippen molar-refractivity contribution in [3.8, 4) is 17.0 Å². The highest BCUT2D eigenvalue weighted by Crippen LogP contribution is 2.40. The first kappa shape index (κ1) is 21.4. The fraction of sp³-hybridized carbons (Fsp3) is 0.360. The number of thiophene rings is 1. The topological polar surface area (TPSA) is 73.3 Å². The number of hydrogen-bond donors (Lipinski definition) is 0. The average Bonchev–Trinajstić information content (AvgIpc) is 3.24. The lowest BCUT2D eigenvalue weighted by Crippen LogP contribution is -2.58. The van der Waals surface area contributed by atoms with Gasteiger partial charge in [0, 0.05) is 53.8 Å². The van der Waals surface area contributed by atoms with Crippen molar-refractivity contribution in [1.82, 2.24) is 19.9 Å². The lowest BCUT2D eigenvalue weighted by atomic mass is 9.84. The highest BCUT2D eigenvalue weighted by atomic mass is 32.1. The number of benzene rings is 1. The smallest absolute Gasteiger partial charge is 0.235 e. The van der Waals surface area contributed by atoms with E-state index in [0.29, 0.717) is 30.2 Å². The molecule has 2 fully saturated rings. The van der Waals surface area contributed by atoms with Gasteiger partial charge in [-0.1, -0.05) is 12.1 Å². The first-order valence-electron chi connectivity index (χ1n) is 11.3. The third-order valence-electron chi connectivity index (χ3n) is 6.54. The van der Waals surface area contributed by atoms with Crippen LogP contribution in [-0.2, 0) is 4.74 Å². The number of aryl methyl sites for hydroxylation is 2. The summed E-state index contributed by atoms with van der Waals surface area (Å²) in [5, 5.41) is 1.93. The van der Waals surface area contributed by atoms with Gasteiger partial charge in [0.1, 0.15) is 22.9 Å². The highest BCUT2D eigenvalue weighted by molar-refractivity contribution is 7.18. The van der Waals surface area contributed by atoms with Crippen LogP contribution in [0.2, 0.25) is 0 Å². The number of fused-ring (bicyclic) bond motifs is 3. The lowest BCUT2D eigenvalue weighted by molar-refractivity contribution is -0.0764. The summed E-state index contributed by atoms with van der Waals surface area (Å²) in [4.78, 5) is 20.2. The van der Waals surface area contributed by atoms with Gasteiger partial charge < -0.3 is 14.4 Å². The molecule has 5 heterocycles. The number of halogens is 1. The van der Waals surface area contributed by atoms with Gasteiger partial charge in [0.2, 0.25) is 11.8 Å². The Morgan fingerprint density at radius 3 is 2.50 bits per heavy atom. The zero-order valence-corrected chi connectivity index (χ0v) is 19.8. The molecule has 7 nitrogen and oxygen atoms in total. The summed E-state index contributed by atoms with van der Waals surface area (Å²) in [5.74, 6) is 1.37. The minimum absolute atomic E-state index is 0.0322. The molecule has 2 unspecified atom stereocenters. The van der Waals surface area contributed by atoms with E-state index in [-0.39, 0.29) is 23.8 Å². The number of rotatable bonds is 4. The molecule has 2 aliphatic heterocycles. The van der Waals surface area contributed by atoms with Gasteiger partial charge in [-0.25, -0.2) is 24.3 Å². The Bertz CT molecular complexity index is 1330. The number of nitrogens with zero attached hydrogens (tertiary/aromatic N) is 5. The molecule has 0 spiro atoms. The minimum atomic E-state index is -0.252. The Morgan fingerprint density at radius 2 is 1.76 bits per heavy atom. The summed E-state index contributed by atoms with van der Waals surface area (Å²) in [6, 6.07) is 5.26. The second kappa shape index (κ2) is 8.56. The summed E-state index contributed by atoms with van der Waals surface area (Å²) in [6.07, 6.45) is 5.16. The molecule has 9 heteroatoms.